The molecule has 3 aromatic rings. The lowest BCUT2D eigenvalue weighted by atomic mass is 10.0. The average molecular weight is 247 g/mol. The van der Waals surface area contributed by atoms with Crippen molar-refractivity contribution in [3.05, 3.63) is 66.2 Å². The number of aromatic nitrogens is 1. The van der Waals surface area contributed by atoms with Gasteiger partial charge in [0.05, 0.1) is 13.9 Å². The molecule has 0 saturated heterocycles. The molecule has 3 rings (SSSR count). The minimum absolute atomic E-state index is 0.174. The lowest BCUT2D eigenvalue weighted by Crippen LogP contribution is -1.90. The van der Waals surface area contributed by atoms with E-state index in [-0.39, 0.29) is 22.0 Å². The first-order chi connectivity index (χ1) is 11.2. The van der Waals surface area contributed by atoms with Gasteiger partial charge in [-0.25, -0.2) is 8.78 Å². The van der Waals surface area contributed by atoms with Crippen molar-refractivity contribution in [2.24, 2.45) is 0 Å². The Morgan fingerprint density at radius 2 is 1.89 bits per heavy atom. The molecule has 0 spiro atoms. The first kappa shape index (κ1) is 6.05. The molecule has 0 aliphatic heterocycles. The van der Waals surface area contributed by atoms with E-state index in [0.29, 0.717) is 6.07 Å². The molecule has 0 saturated carbocycles. The average Bonchev–Trinajstić information content (AvgIpc) is 2.53. The number of hydrogen-bond donors (Lipinski definition) is 0. The summed E-state index contributed by atoms with van der Waals surface area (Å²) in [7, 11) is 0. The van der Waals surface area contributed by atoms with E-state index in [4.69, 9.17) is 8.22 Å². The number of halogens is 2. The standard InChI is InChI=1S/C15H9F2N/c16-11-5-6-13(14(17)9-11)15-12-4-2-1-3-10(12)7-8-18-15/h1-9H/i1D,2D,3D,4D,7D,8D. The molecule has 3 heteroatoms. The Balaban J connectivity index is 2.57. The summed E-state index contributed by atoms with van der Waals surface area (Å²) < 4.78 is 74.3. The third kappa shape index (κ3) is 1.74. The van der Waals surface area contributed by atoms with Crippen LogP contribution in [-0.4, -0.2) is 4.98 Å². The normalized spacial score (nSPS) is 15.4. The van der Waals surface area contributed by atoms with Crippen LogP contribution in [0.1, 0.15) is 8.22 Å². The van der Waals surface area contributed by atoms with Crippen molar-refractivity contribution in [1.29, 1.82) is 0 Å². The fraction of sp³-hybridized carbons (Fsp3) is 0. The van der Waals surface area contributed by atoms with Gasteiger partial charge in [0.1, 0.15) is 11.6 Å². The first-order valence-electron chi connectivity index (χ1n) is 8.06. The van der Waals surface area contributed by atoms with Gasteiger partial charge < -0.3 is 0 Å². The maximum absolute atomic E-state index is 14.1. The van der Waals surface area contributed by atoms with Gasteiger partial charge in [-0.15, -0.1) is 0 Å². The molecule has 0 unspecified atom stereocenters. The molecule has 0 fully saturated rings. The van der Waals surface area contributed by atoms with Crippen molar-refractivity contribution in [3.63, 3.8) is 0 Å². The van der Waals surface area contributed by atoms with E-state index in [1.54, 1.807) is 0 Å². The van der Waals surface area contributed by atoms with Gasteiger partial charge in [0.25, 0.3) is 0 Å². The van der Waals surface area contributed by atoms with Crippen LogP contribution in [0.5, 0.6) is 0 Å². The molecule has 0 bridgehead atoms. The van der Waals surface area contributed by atoms with E-state index in [2.05, 4.69) is 4.98 Å². The van der Waals surface area contributed by atoms with Crippen LogP contribution >= 0.6 is 0 Å². The van der Waals surface area contributed by atoms with Crippen LogP contribution < -0.4 is 0 Å². The maximum atomic E-state index is 14.1. The molecule has 18 heavy (non-hydrogen) atoms. The molecule has 0 aliphatic rings. The molecule has 0 atom stereocenters. The van der Waals surface area contributed by atoms with E-state index < -0.39 is 48.0 Å². The third-order valence-electron chi connectivity index (χ3n) is 2.46. The molecule has 0 radical (unpaired) electrons. The Morgan fingerprint density at radius 3 is 2.72 bits per heavy atom. The molecule has 0 aliphatic carbocycles. The van der Waals surface area contributed by atoms with Crippen molar-refractivity contribution >= 4 is 10.8 Å². The Labute approximate surface area is 111 Å². The minimum Gasteiger partial charge on any atom is -0.255 e. The van der Waals surface area contributed by atoms with Crippen molar-refractivity contribution in [2.45, 2.75) is 0 Å². The van der Waals surface area contributed by atoms with E-state index in [1.807, 2.05) is 0 Å². The summed E-state index contributed by atoms with van der Waals surface area (Å²) >= 11 is 0. The second-order valence-electron chi connectivity index (χ2n) is 3.57. The summed E-state index contributed by atoms with van der Waals surface area (Å²) in [5, 5.41) is -0.396. The molecular weight excluding hydrogens is 232 g/mol. The van der Waals surface area contributed by atoms with Gasteiger partial charge in [-0.3, -0.25) is 4.98 Å². The number of pyridine rings is 1. The zero-order valence-electron chi connectivity index (χ0n) is 14.9. The molecule has 1 aromatic heterocycles. The Bertz CT molecular complexity index is 1010. The van der Waals surface area contributed by atoms with Crippen molar-refractivity contribution in [3.8, 4) is 11.3 Å². The van der Waals surface area contributed by atoms with Crippen LogP contribution in [0.3, 0.4) is 0 Å². The highest BCUT2D eigenvalue weighted by Crippen LogP contribution is 2.28. The Hall–Kier alpha value is -2.29. The largest absolute Gasteiger partial charge is 0.255 e. The van der Waals surface area contributed by atoms with Gasteiger partial charge in [-0.2, -0.15) is 0 Å². The second-order valence-corrected chi connectivity index (χ2v) is 3.57. The van der Waals surface area contributed by atoms with Gasteiger partial charge >= 0.3 is 0 Å². The van der Waals surface area contributed by atoms with Gasteiger partial charge in [0.2, 0.25) is 0 Å². The number of rotatable bonds is 1. The molecular formula is C15H9F2N. The van der Waals surface area contributed by atoms with E-state index in [9.17, 15) is 8.78 Å². The van der Waals surface area contributed by atoms with Gasteiger partial charge in [-0.1, -0.05) is 24.2 Å². The summed E-state index contributed by atoms with van der Waals surface area (Å²) in [6.07, 6.45) is -0.564. The van der Waals surface area contributed by atoms with Crippen LogP contribution in [-0.2, 0) is 0 Å². The number of fused-ring (bicyclic) bond motifs is 1. The fourth-order valence-electron chi connectivity index (χ4n) is 1.66. The zero-order valence-corrected chi connectivity index (χ0v) is 8.94. The minimum atomic E-state index is -0.978. The lowest BCUT2D eigenvalue weighted by molar-refractivity contribution is 0.585. The molecule has 2 aromatic carbocycles. The Morgan fingerprint density at radius 1 is 1.06 bits per heavy atom. The smallest absolute Gasteiger partial charge is 0.135 e. The zero-order chi connectivity index (χ0) is 17.8. The van der Waals surface area contributed by atoms with Crippen molar-refractivity contribution in [1.82, 2.24) is 4.98 Å². The van der Waals surface area contributed by atoms with Gasteiger partial charge in [0, 0.05) is 23.2 Å². The summed E-state index contributed by atoms with van der Waals surface area (Å²) in [5.74, 6) is -1.79. The van der Waals surface area contributed by atoms with Crippen molar-refractivity contribution < 1.29 is 17.0 Å². The molecule has 1 heterocycles. The highest BCUT2D eigenvalue weighted by atomic mass is 19.1. The second kappa shape index (κ2) is 4.18. The summed E-state index contributed by atoms with van der Waals surface area (Å²) in [4.78, 5) is 3.80. The summed E-state index contributed by atoms with van der Waals surface area (Å²) in [5.41, 5.74) is -0.435. The fourth-order valence-corrected chi connectivity index (χ4v) is 1.66. The molecule has 0 N–H and O–H groups in total. The van der Waals surface area contributed by atoms with E-state index in [0.717, 1.165) is 12.1 Å². The van der Waals surface area contributed by atoms with Crippen LogP contribution in [0.25, 0.3) is 22.0 Å². The van der Waals surface area contributed by atoms with Crippen LogP contribution in [0, 0.1) is 11.6 Å². The van der Waals surface area contributed by atoms with Gasteiger partial charge in [0.15, 0.2) is 0 Å². The number of nitrogens with zero attached hydrogens (tertiary/aromatic N) is 1. The van der Waals surface area contributed by atoms with E-state index in [1.165, 1.54) is 0 Å². The summed E-state index contributed by atoms with van der Waals surface area (Å²) in [6, 6.07) is 0.0799. The molecule has 1 nitrogen and oxygen atoms in total. The number of benzene rings is 2. The van der Waals surface area contributed by atoms with Gasteiger partial charge in [-0.05, 0) is 23.6 Å². The highest BCUT2D eigenvalue weighted by molar-refractivity contribution is 5.94. The predicted octanol–water partition coefficient (Wildman–Crippen LogP) is 4.18. The van der Waals surface area contributed by atoms with Crippen LogP contribution in [0.4, 0.5) is 8.78 Å². The lowest BCUT2D eigenvalue weighted by Gasteiger charge is -2.06. The predicted molar refractivity (Wildman–Crippen MR) is 67.1 cm³/mol. The Kier molecular flexibility index (Phi) is 1.41. The highest BCUT2D eigenvalue weighted by Gasteiger charge is 2.10. The van der Waals surface area contributed by atoms with E-state index >= 15 is 0 Å². The monoisotopic (exact) mass is 247 g/mol. The topological polar surface area (TPSA) is 12.9 Å². The quantitative estimate of drug-likeness (QED) is 0.628. The van der Waals surface area contributed by atoms with Crippen molar-refractivity contribution in [2.75, 3.05) is 0 Å². The van der Waals surface area contributed by atoms with Crippen LogP contribution in [0.15, 0.2) is 54.6 Å². The molecule has 0 amide bonds. The summed E-state index contributed by atoms with van der Waals surface area (Å²) in [6.45, 7) is 0. The van der Waals surface area contributed by atoms with Crippen LogP contribution in [0.2, 0.25) is 0 Å². The third-order valence-corrected chi connectivity index (χ3v) is 2.46. The maximum Gasteiger partial charge on any atom is 0.135 e. The number of hydrogen-bond acceptors (Lipinski definition) is 1. The molecule has 88 valence electrons. The SMILES string of the molecule is [2H]c1nc(-c2ccc(F)cc2F)c2c([2H])c([2H])c([2H])c([2H])c2c1[2H]. The first-order valence-corrected chi connectivity index (χ1v) is 5.06.